The van der Waals surface area contributed by atoms with Gasteiger partial charge in [-0.1, -0.05) is 24.2 Å². The fraction of sp³-hybridized carbons (Fsp3) is 0.562. The Hall–Kier alpha value is -1.29. The molecule has 2 aromatic rings. The lowest BCUT2D eigenvalue weighted by Crippen LogP contribution is -2.38. The van der Waals surface area contributed by atoms with Crippen LogP contribution in [0.3, 0.4) is 0 Å². The lowest BCUT2D eigenvalue weighted by atomic mass is 9.77. The van der Waals surface area contributed by atoms with Gasteiger partial charge in [0.1, 0.15) is 0 Å². The molecular weight excluding hydrogens is 266 g/mol. The minimum atomic E-state index is 0.678. The first-order chi connectivity index (χ1) is 9.74. The molecule has 1 aliphatic heterocycles. The van der Waals surface area contributed by atoms with Crippen molar-refractivity contribution in [3.63, 3.8) is 0 Å². The summed E-state index contributed by atoms with van der Waals surface area (Å²) in [5.41, 5.74) is 8.45. The van der Waals surface area contributed by atoms with Crippen molar-refractivity contribution in [2.45, 2.75) is 38.5 Å². The second kappa shape index (κ2) is 4.62. The van der Waals surface area contributed by atoms with Crippen LogP contribution >= 0.6 is 11.3 Å². The van der Waals surface area contributed by atoms with E-state index in [-0.39, 0.29) is 0 Å². The van der Waals surface area contributed by atoms with Gasteiger partial charge in [-0.15, -0.1) is 0 Å². The smallest absolute Gasteiger partial charge is 0.186 e. The van der Waals surface area contributed by atoms with E-state index in [1.54, 1.807) is 11.3 Å². The Bertz CT molecular complexity index is 618. The maximum absolute atomic E-state index is 5.86. The van der Waals surface area contributed by atoms with Gasteiger partial charge < -0.3 is 10.6 Å². The van der Waals surface area contributed by atoms with E-state index in [0.717, 1.165) is 11.2 Å². The molecule has 1 aromatic heterocycles. The molecule has 1 aromatic carbocycles. The van der Waals surface area contributed by atoms with Crippen LogP contribution in [0.15, 0.2) is 18.2 Å². The topological polar surface area (TPSA) is 42.1 Å². The zero-order valence-electron chi connectivity index (χ0n) is 11.8. The molecule has 2 fully saturated rings. The number of hydrogen-bond donors (Lipinski definition) is 1. The molecule has 1 saturated carbocycles. The summed E-state index contributed by atoms with van der Waals surface area (Å²) in [6.45, 7) is 2.35. The molecule has 2 N–H and O–H groups in total. The second-order valence-electron chi connectivity index (χ2n) is 6.42. The van der Waals surface area contributed by atoms with E-state index < -0.39 is 0 Å². The maximum atomic E-state index is 5.86. The fourth-order valence-corrected chi connectivity index (χ4v) is 4.93. The maximum Gasteiger partial charge on any atom is 0.186 e. The minimum absolute atomic E-state index is 0.678. The minimum Gasteiger partial charge on any atom is -0.399 e. The van der Waals surface area contributed by atoms with Crippen LogP contribution in [0.5, 0.6) is 0 Å². The summed E-state index contributed by atoms with van der Waals surface area (Å²) in [7, 11) is 0. The second-order valence-corrected chi connectivity index (χ2v) is 7.43. The first kappa shape index (κ1) is 12.5. The van der Waals surface area contributed by atoms with Crippen LogP contribution in [-0.4, -0.2) is 18.1 Å². The van der Waals surface area contributed by atoms with E-state index in [1.165, 1.54) is 61.4 Å². The Balaban J connectivity index is 1.55. The molecule has 20 heavy (non-hydrogen) atoms. The molecule has 1 saturated heterocycles. The molecule has 0 radical (unpaired) electrons. The van der Waals surface area contributed by atoms with Gasteiger partial charge in [-0.25, -0.2) is 4.98 Å². The van der Waals surface area contributed by atoms with Crippen molar-refractivity contribution in [2.24, 2.45) is 5.41 Å². The zero-order valence-corrected chi connectivity index (χ0v) is 12.6. The Kier molecular flexibility index (Phi) is 2.88. The van der Waals surface area contributed by atoms with Crippen LogP contribution in [0.2, 0.25) is 0 Å². The van der Waals surface area contributed by atoms with Crippen molar-refractivity contribution in [3.05, 3.63) is 18.2 Å². The molecule has 0 atom stereocenters. The van der Waals surface area contributed by atoms with E-state index in [2.05, 4.69) is 4.90 Å². The van der Waals surface area contributed by atoms with Crippen molar-refractivity contribution < 1.29 is 0 Å². The molecule has 4 heteroatoms. The summed E-state index contributed by atoms with van der Waals surface area (Å²) < 4.78 is 1.21. The highest BCUT2D eigenvalue weighted by Crippen LogP contribution is 2.47. The number of hydrogen-bond acceptors (Lipinski definition) is 4. The average molecular weight is 287 g/mol. The highest BCUT2D eigenvalue weighted by molar-refractivity contribution is 7.22. The zero-order chi connectivity index (χ0) is 13.6. The lowest BCUT2D eigenvalue weighted by Gasteiger charge is -2.39. The van der Waals surface area contributed by atoms with Gasteiger partial charge in [0.05, 0.1) is 10.2 Å². The van der Waals surface area contributed by atoms with Crippen molar-refractivity contribution in [2.75, 3.05) is 23.7 Å². The summed E-state index contributed by atoms with van der Waals surface area (Å²) in [5.74, 6) is 0. The standard InChI is InChI=1S/C16H21N3S/c17-12-3-4-13-14(11-12)20-15(18-13)19-9-7-16(8-10-19)5-1-2-6-16/h3-4,11H,1-2,5-10,17H2. The Labute approximate surface area is 123 Å². The number of nitrogens with two attached hydrogens (primary N) is 1. The molecule has 2 heterocycles. The Morgan fingerprint density at radius 1 is 1.10 bits per heavy atom. The number of aromatic nitrogens is 1. The van der Waals surface area contributed by atoms with Gasteiger partial charge in [0, 0.05) is 18.8 Å². The normalized spacial score (nSPS) is 21.9. The number of anilines is 2. The summed E-state index contributed by atoms with van der Waals surface area (Å²) in [5, 5.41) is 1.18. The molecule has 0 unspecified atom stereocenters. The molecular formula is C16H21N3S. The quantitative estimate of drug-likeness (QED) is 0.805. The SMILES string of the molecule is Nc1ccc2nc(N3CCC4(CCCC4)CC3)sc2c1. The third-order valence-corrected chi connectivity index (χ3v) is 6.24. The third kappa shape index (κ3) is 2.06. The first-order valence-electron chi connectivity index (χ1n) is 7.65. The molecule has 0 bridgehead atoms. The van der Waals surface area contributed by atoms with Gasteiger partial charge in [-0.3, -0.25) is 0 Å². The molecule has 1 aliphatic carbocycles. The number of nitrogens with zero attached hydrogens (tertiary/aromatic N) is 2. The number of rotatable bonds is 1. The number of thiazole rings is 1. The fourth-order valence-electron chi connectivity index (χ4n) is 3.86. The summed E-state index contributed by atoms with van der Waals surface area (Å²) in [4.78, 5) is 7.26. The van der Waals surface area contributed by atoms with Crippen LogP contribution < -0.4 is 10.6 Å². The molecule has 106 valence electrons. The van der Waals surface area contributed by atoms with Crippen LogP contribution in [0.1, 0.15) is 38.5 Å². The number of piperidine rings is 1. The molecule has 1 spiro atoms. The number of nitrogen functional groups attached to an aromatic ring is 1. The lowest BCUT2D eigenvalue weighted by molar-refractivity contribution is 0.226. The van der Waals surface area contributed by atoms with Gasteiger partial charge in [-0.05, 0) is 49.3 Å². The number of benzene rings is 1. The van der Waals surface area contributed by atoms with E-state index in [0.29, 0.717) is 5.41 Å². The van der Waals surface area contributed by atoms with Gasteiger partial charge in [-0.2, -0.15) is 0 Å². The Morgan fingerprint density at radius 3 is 2.60 bits per heavy atom. The highest BCUT2D eigenvalue weighted by atomic mass is 32.1. The third-order valence-electron chi connectivity index (χ3n) is 5.16. The van der Waals surface area contributed by atoms with Crippen molar-refractivity contribution in [1.82, 2.24) is 4.98 Å². The number of fused-ring (bicyclic) bond motifs is 1. The van der Waals surface area contributed by atoms with E-state index in [9.17, 15) is 0 Å². The monoisotopic (exact) mass is 287 g/mol. The predicted octanol–water partition coefficient (Wildman–Crippen LogP) is 4.04. The molecule has 4 rings (SSSR count). The van der Waals surface area contributed by atoms with E-state index >= 15 is 0 Å². The van der Waals surface area contributed by atoms with E-state index in [4.69, 9.17) is 10.7 Å². The largest absolute Gasteiger partial charge is 0.399 e. The molecule has 2 aliphatic rings. The highest BCUT2D eigenvalue weighted by Gasteiger charge is 2.37. The van der Waals surface area contributed by atoms with Crippen LogP contribution in [0.25, 0.3) is 10.2 Å². The van der Waals surface area contributed by atoms with Gasteiger partial charge >= 0.3 is 0 Å². The van der Waals surface area contributed by atoms with Gasteiger partial charge in [0.15, 0.2) is 5.13 Å². The summed E-state index contributed by atoms with van der Waals surface area (Å²) in [6.07, 6.45) is 8.51. The Morgan fingerprint density at radius 2 is 1.85 bits per heavy atom. The predicted molar refractivity (Wildman–Crippen MR) is 86.4 cm³/mol. The van der Waals surface area contributed by atoms with Crippen molar-refractivity contribution >= 4 is 32.4 Å². The van der Waals surface area contributed by atoms with Crippen LogP contribution in [0.4, 0.5) is 10.8 Å². The van der Waals surface area contributed by atoms with Crippen LogP contribution in [-0.2, 0) is 0 Å². The van der Waals surface area contributed by atoms with E-state index in [1.807, 2.05) is 18.2 Å². The average Bonchev–Trinajstić information content (AvgIpc) is 3.06. The summed E-state index contributed by atoms with van der Waals surface area (Å²) >= 11 is 1.78. The van der Waals surface area contributed by atoms with Crippen molar-refractivity contribution in [3.8, 4) is 0 Å². The molecule has 0 amide bonds. The van der Waals surface area contributed by atoms with Gasteiger partial charge in [0.25, 0.3) is 0 Å². The first-order valence-corrected chi connectivity index (χ1v) is 8.47. The summed E-state index contributed by atoms with van der Waals surface area (Å²) in [6, 6.07) is 6.02. The van der Waals surface area contributed by atoms with Crippen LogP contribution in [0, 0.1) is 5.41 Å². The van der Waals surface area contributed by atoms with Crippen molar-refractivity contribution in [1.29, 1.82) is 0 Å². The van der Waals surface area contributed by atoms with Gasteiger partial charge in [0.2, 0.25) is 0 Å². The molecule has 3 nitrogen and oxygen atoms in total.